The summed E-state index contributed by atoms with van der Waals surface area (Å²) in [5.74, 6) is -1.18. The van der Waals surface area contributed by atoms with Crippen LogP contribution in [0.25, 0.3) is 10.9 Å². The Morgan fingerprint density at radius 1 is 1.21 bits per heavy atom. The fourth-order valence-corrected chi connectivity index (χ4v) is 2.51. The van der Waals surface area contributed by atoms with Crippen LogP contribution in [0.3, 0.4) is 0 Å². The third kappa shape index (κ3) is 2.96. The van der Waals surface area contributed by atoms with Gasteiger partial charge in [0.2, 0.25) is 5.88 Å². The summed E-state index contributed by atoms with van der Waals surface area (Å²) < 4.78 is 0. The zero-order valence-electron chi connectivity index (χ0n) is 12.7. The van der Waals surface area contributed by atoms with Crippen LogP contribution in [-0.2, 0) is 6.42 Å². The van der Waals surface area contributed by atoms with E-state index in [1.165, 1.54) is 18.2 Å². The molecule has 0 fully saturated rings. The monoisotopic (exact) mass is 343 g/mol. The molecule has 0 atom stereocenters. The van der Waals surface area contributed by atoms with Crippen LogP contribution in [0.1, 0.15) is 22.8 Å². The summed E-state index contributed by atoms with van der Waals surface area (Å²) in [7, 11) is 0. The number of aromatic nitrogens is 1. The third-order valence-electron chi connectivity index (χ3n) is 3.68. The minimum atomic E-state index is -1.08. The zero-order chi connectivity index (χ0) is 17.3. The number of carboxylic acid groups (broad SMARTS) is 1. The van der Waals surface area contributed by atoms with Crippen LogP contribution < -0.4 is 0 Å². The minimum Gasteiger partial charge on any atom is -0.493 e. The first-order chi connectivity index (χ1) is 11.5. The number of hydrogen-bond donors (Lipinski definition) is 3. The molecule has 24 heavy (non-hydrogen) atoms. The molecule has 2 aromatic carbocycles. The summed E-state index contributed by atoms with van der Waals surface area (Å²) in [6.07, 6.45) is 0.852. The van der Waals surface area contributed by atoms with E-state index in [9.17, 15) is 9.90 Å². The molecule has 0 saturated carbocycles. The van der Waals surface area contributed by atoms with Gasteiger partial charge < -0.3 is 15.2 Å². The van der Waals surface area contributed by atoms with E-state index in [0.717, 1.165) is 22.9 Å². The van der Waals surface area contributed by atoms with E-state index in [4.69, 9.17) is 16.7 Å². The average molecular weight is 344 g/mol. The number of aromatic hydroxyl groups is 1. The largest absolute Gasteiger partial charge is 0.493 e. The number of rotatable bonds is 4. The van der Waals surface area contributed by atoms with Crippen molar-refractivity contribution in [1.29, 1.82) is 0 Å². The second-order valence-corrected chi connectivity index (χ2v) is 5.63. The quantitative estimate of drug-likeness (QED) is 0.567. The highest BCUT2D eigenvalue weighted by Gasteiger charge is 2.12. The summed E-state index contributed by atoms with van der Waals surface area (Å²) in [5.41, 5.74) is 2.41. The first-order valence-corrected chi connectivity index (χ1v) is 7.65. The van der Waals surface area contributed by atoms with E-state index < -0.39 is 5.97 Å². The molecule has 3 aromatic rings. The lowest BCUT2D eigenvalue weighted by atomic mass is 10.1. The van der Waals surface area contributed by atoms with Gasteiger partial charge in [-0.05, 0) is 42.3 Å². The predicted octanol–water partition coefficient (Wildman–Crippen LogP) is 5.20. The number of aromatic amines is 1. The maximum absolute atomic E-state index is 11.0. The molecule has 1 aromatic heterocycles. The second kappa shape index (κ2) is 6.33. The number of nitrogens with one attached hydrogen (secondary N) is 1. The normalized spacial score (nSPS) is 11.4. The number of carbonyl (C=O) groups is 1. The maximum atomic E-state index is 11.0. The predicted molar refractivity (Wildman–Crippen MR) is 91.9 cm³/mol. The Labute approximate surface area is 142 Å². The number of azo groups is 1. The van der Waals surface area contributed by atoms with Crippen LogP contribution in [0.2, 0.25) is 5.02 Å². The molecule has 0 aliphatic carbocycles. The molecule has 0 saturated heterocycles. The number of hydrogen-bond acceptors (Lipinski definition) is 4. The topological polar surface area (TPSA) is 98.0 Å². The lowest BCUT2D eigenvalue weighted by Gasteiger charge is -2.00. The van der Waals surface area contributed by atoms with Crippen molar-refractivity contribution in [2.45, 2.75) is 13.3 Å². The van der Waals surface area contributed by atoms with Crippen LogP contribution >= 0.6 is 11.6 Å². The summed E-state index contributed by atoms with van der Waals surface area (Å²) >= 11 is 6.03. The summed E-state index contributed by atoms with van der Waals surface area (Å²) in [6.45, 7) is 2.03. The van der Waals surface area contributed by atoms with E-state index in [1.807, 2.05) is 25.1 Å². The van der Waals surface area contributed by atoms with Gasteiger partial charge in [-0.1, -0.05) is 24.6 Å². The molecule has 0 aliphatic rings. The average Bonchev–Trinajstić information content (AvgIpc) is 2.88. The molecule has 0 spiro atoms. The highest BCUT2D eigenvalue weighted by Crippen LogP contribution is 2.37. The lowest BCUT2D eigenvalue weighted by Crippen LogP contribution is -1.94. The van der Waals surface area contributed by atoms with Crippen molar-refractivity contribution in [2.24, 2.45) is 10.2 Å². The molecule has 6 nitrogen and oxygen atoms in total. The number of carboxylic acids is 1. The van der Waals surface area contributed by atoms with E-state index in [1.54, 1.807) is 0 Å². The summed E-state index contributed by atoms with van der Waals surface area (Å²) in [5, 5.41) is 28.2. The van der Waals surface area contributed by atoms with E-state index in [0.29, 0.717) is 0 Å². The van der Waals surface area contributed by atoms with Gasteiger partial charge in [-0.15, -0.1) is 10.2 Å². The number of H-pyrrole nitrogens is 1. The van der Waals surface area contributed by atoms with Gasteiger partial charge in [-0.2, -0.15) is 0 Å². The van der Waals surface area contributed by atoms with Crippen LogP contribution in [0.4, 0.5) is 11.4 Å². The first kappa shape index (κ1) is 16.0. The Bertz CT molecular complexity index is 963. The number of fused-ring (bicyclic) bond motifs is 1. The van der Waals surface area contributed by atoms with Crippen LogP contribution in [-0.4, -0.2) is 21.2 Å². The van der Waals surface area contributed by atoms with E-state index in [-0.39, 0.29) is 27.8 Å². The van der Waals surface area contributed by atoms with E-state index in [2.05, 4.69) is 15.2 Å². The fourth-order valence-electron chi connectivity index (χ4n) is 2.36. The van der Waals surface area contributed by atoms with Crippen molar-refractivity contribution in [2.75, 3.05) is 0 Å². The number of halogens is 1. The molecule has 0 bridgehead atoms. The van der Waals surface area contributed by atoms with Gasteiger partial charge in [0, 0.05) is 5.39 Å². The number of nitrogens with zero attached hydrogens (tertiary/aromatic N) is 2. The Morgan fingerprint density at radius 3 is 2.71 bits per heavy atom. The SMILES string of the molecule is CCc1ccc2[nH]c(O)c(N=Nc3cc(C(=O)O)ccc3Cl)c2c1. The first-order valence-electron chi connectivity index (χ1n) is 7.27. The van der Waals surface area contributed by atoms with Crippen molar-refractivity contribution in [3.05, 3.63) is 52.5 Å². The summed E-state index contributed by atoms with van der Waals surface area (Å²) in [6, 6.07) is 9.92. The fraction of sp³-hybridized carbons (Fsp3) is 0.118. The van der Waals surface area contributed by atoms with Crippen LogP contribution in [0, 0.1) is 0 Å². The van der Waals surface area contributed by atoms with Crippen LogP contribution in [0.15, 0.2) is 46.6 Å². The van der Waals surface area contributed by atoms with Crippen LogP contribution in [0.5, 0.6) is 5.88 Å². The second-order valence-electron chi connectivity index (χ2n) is 5.23. The highest BCUT2D eigenvalue weighted by molar-refractivity contribution is 6.33. The molecule has 7 heteroatoms. The van der Waals surface area contributed by atoms with Gasteiger partial charge in [0.25, 0.3) is 0 Å². The Kier molecular flexibility index (Phi) is 4.22. The van der Waals surface area contributed by atoms with Gasteiger partial charge in [0.1, 0.15) is 5.69 Å². The minimum absolute atomic E-state index is 0.0600. The Hall–Kier alpha value is -2.86. The molecule has 122 valence electrons. The van der Waals surface area contributed by atoms with Gasteiger partial charge in [0.05, 0.1) is 16.1 Å². The molecule has 3 N–H and O–H groups in total. The molecular formula is C17H14ClN3O3. The third-order valence-corrected chi connectivity index (χ3v) is 4.00. The van der Waals surface area contributed by atoms with Crippen molar-refractivity contribution in [3.8, 4) is 5.88 Å². The molecule has 0 amide bonds. The van der Waals surface area contributed by atoms with Crippen molar-refractivity contribution in [3.63, 3.8) is 0 Å². The van der Waals surface area contributed by atoms with Gasteiger partial charge >= 0.3 is 5.97 Å². The molecule has 1 heterocycles. The Balaban J connectivity index is 2.06. The van der Waals surface area contributed by atoms with Crippen molar-refractivity contribution >= 4 is 39.8 Å². The molecule has 0 unspecified atom stereocenters. The number of benzene rings is 2. The van der Waals surface area contributed by atoms with Gasteiger partial charge in [-0.3, -0.25) is 0 Å². The Morgan fingerprint density at radius 2 is 2.00 bits per heavy atom. The van der Waals surface area contributed by atoms with Gasteiger partial charge in [-0.25, -0.2) is 4.79 Å². The standard InChI is InChI=1S/C17H14ClN3O3/c1-2-9-3-6-13-11(7-9)15(16(22)19-13)21-20-14-8-10(17(23)24)4-5-12(14)18/h3-8,19,22H,2H2,1H3,(H,23,24). The van der Waals surface area contributed by atoms with Gasteiger partial charge in [0.15, 0.2) is 5.69 Å². The molecule has 3 rings (SSSR count). The van der Waals surface area contributed by atoms with Crippen molar-refractivity contribution in [1.82, 2.24) is 4.98 Å². The van der Waals surface area contributed by atoms with E-state index >= 15 is 0 Å². The molecule has 0 radical (unpaired) electrons. The molecular weight excluding hydrogens is 330 g/mol. The maximum Gasteiger partial charge on any atom is 0.335 e. The number of aromatic carboxylic acids is 1. The smallest absolute Gasteiger partial charge is 0.335 e. The molecule has 0 aliphatic heterocycles. The zero-order valence-corrected chi connectivity index (χ0v) is 13.5. The lowest BCUT2D eigenvalue weighted by molar-refractivity contribution is 0.0697. The highest BCUT2D eigenvalue weighted by atomic mass is 35.5. The summed E-state index contributed by atoms with van der Waals surface area (Å²) in [4.78, 5) is 13.9. The number of aryl methyl sites for hydroxylation is 1. The van der Waals surface area contributed by atoms with Crippen molar-refractivity contribution < 1.29 is 15.0 Å².